The van der Waals surface area contributed by atoms with Gasteiger partial charge in [-0.3, -0.25) is 9.36 Å². The van der Waals surface area contributed by atoms with Crippen LogP contribution in [0, 0.1) is 0 Å². The van der Waals surface area contributed by atoms with E-state index in [1.807, 2.05) is 60.0 Å². The molecule has 1 aliphatic rings. The lowest BCUT2D eigenvalue weighted by molar-refractivity contribution is -0.154. The number of amides is 1. The summed E-state index contributed by atoms with van der Waals surface area (Å²) in [6, 6.07) is 19.7. The lowest BCUT2D eigenvalue weighted by Gasteiger charge is -2.42. The molecule has 1 atom stereocenters. The summed E-state index contributed by atoms with van der Waals surface area (Å²) >= 11 is 1.36. The number of thiophene rings is 1. The van der Waals surface area contributed by atoms with E-state index in [0.717, 1.165) is 53.2 Å². The molecule has 1 aliphatic heterocycles. The van der Waals surface area contributed by atoms with Crippen LogP contribution < -0.4 is 0 Å². The number of unbranched alkanes of at least 4 members (excludes halogenated alkanes) is 1. The third-order valence-corrected chi connectivity index (χ3v) is 8.71. The number of imidazole rings is 1. The lowest BCUT2D eigenvalue weighted by Crippen LogP contribution is -2.57. The van der Waals surface area contributed by atoms with Gasteiger partial charge in [-0.1, -0.05) is 55.8 Å². The molecule has 4 heterocycles. The number of tetrazole rings is 1. The monoisotopic (exact) mass is 581 g/mol. The summed E-state index contributed by atoms with van der Waals surface area (Å²) in [5, 5.41) is 16.4. The highest BCUT2D eigenvalue weighted by molar-refractivity contribution is 7.12. The topological polar surface area (TPSA) is 119 Å². The van der Waals surface area contributed by atoms with Crippen LogP contribution in [0.3, 0.4) is 0 Å². The molecular weight excluding hydrogens is 550 g/mol. The zero-order chi connectivity index (χ0) is 29.3. The van der Waals surface area contributed by atoms with Gasteiger partial charge in [0.25, 0.3) is 5.91 Å². The van der Waals surface area contributed by atoms with E-state index >= 15 is 0 Å². The smallest absolute Gasteiger partial charge is 0.337 e. The summed E-state index contributed by atoms with van der Waals surface area (Å²) in [7, 11) is 1.37. The van der Waals surface area contributed by atoms with Crippen LogP contribution in [-0.2, 0) is 27.9 Å². The molecule has 214 valence electrons. The zero-order valence-corrected chi connectivity index (χ0v) is 24.5. The number of hydrogen-bond acceptors (Lipinski definition) is 8. The summed E-state index contributed by atoms with van der Waals surface area (Å²) in [5.41, 5.74) is 3.79. The van der Waals surface area contributed by atoms with E-state index in [0.29, 0.717) is 29.4 Å². The molecule has 6 rings (SSSR count). The van der Waals surface area contributed by atoms with E-state index in [9.17, 15) is 9.59 Å². The van der Waals surface area contributed by atoms with Crippen LogP contribution >= 0.6 is 11.3 Å². The van der Waals surface area contributed by atoms with Crippen molar-refractivity contribution >= 4 is 23.2 Å². The molecule has 0 spiro atoms. The van der Waals surface area contributed by atoms with Gasteiger partial charge in [-0.25, -0.2) is 9.78 Å². The predicted molar refractivity (Wildman–Crippen MR) is 159 cm³/mol. The average molecular weight is 582 g/mol. The van der Waals surface area contributed by atoms with Gasteiger partial charge in [0.2, 0.25) is 5.82 Å². The van der Waals surface area contributed by atoms with Crippen molar-refractivity contribution in [3.63, 3.8) is 0 Å². The molecule has 5 aromatic rings. The number of aromatic amines is 1. The molecular formula is C31H31N7O3S. The molecule has 0 radical (unpaired) electrons. The van der Waals surface area contributed by atoms with Crippen molar-refractivity contribution < 1.29 is 14.3 Å². The van der Waals surface area contributed by atoms with Gasteiger partial charge in [0.1, 0.15) is 5.82 Å². The van der Waals surface area contributed by atoms with Crippen LogP contribution in [0.2, 0.25) is 0 Å². The summed E-state index contributed by atoms with van der Waals surface area (Å²) in [5.74, 6) is 0.689. The number of fused-ring (bicyclic) bond motifs is 1. The van der Waals surface area contributed by atoms with Gasteiger partial charge < -0.3 is 9.64 Å². The van der Waals surface area contributed by atoms with Crippen molar-refractivity contribution in [2.75, 3.05) is 13.7 Å². The Hall–Kier alpha value is -4.64. The number of nitrogens with zero attached hydrogens (tertiary/aromatic N) is 6. The van der Waals surface area contributed by atoms with Crippen molar-refractivity contribution in [1.29, 1.82) is 0 Å². The number of esters is 1. The van der Waals surface area contributed by atoms with Crippen molar-refractivity contribution in [3.8, 4) is 28.2 Å². The number of aromatic nitrogens is 6. The molecule has 0 bridgehead atoms. The lowest BCUT2D eigenvalue weighted by atomic mass is 9.87. The van der Waals surface area contributed by atoms with Crippen molar-refractivity contribution in [2.24, 2.45) is 0 Å². The number of benzene rings is 2. The number of ether oxygens (including phenoxy) is 1. The summed E-state index contributed by atoms with van der Waals surface area (Å²) in [6.07, 6.45) is 3.22. The average Bonchev–Trinajstić information content (AvgIpc) is 3.81. The molecule has 1 N–H and O–H groups in total. The molecule has 0 fully saturated rings. The number of carbonyl (C=O) groups is 2. The SMILES string of the molecule is CCCCc1nc2c(n1-c1ccc(-c3ccccc3-c3nn[nH]n3)cc1)C(C)(C(=O)OC)N(C(=O)c1cccs1)CC2. The first kappa shape index (κ1) is 27.5. The summed E-state index contributed by atoms with van der Waals surface area (Å²) in [6.45, 7) is 4.29. The zero-order valence-electron chi connectivity index (χ0n) is 23.7. The number of H-pyrrole nitrogens is 1. The Morgan fingerprint density at radius 3 is 2.52 bits per heavy atom. The quantitative estimate of drug-likeness (QED) is 0.250. The molecule has 0 saturated heterocycles. The Morgan fingerprint density at radius 2 is 1.86 bits per heavy atom. The minimum Gasteiger partial charge on any atom is -0.467 e. The minimum atomic E-state index is -1.37. The van der Waals surface area contributed by atoms with E-state index in [2.05, 4.69) is 32.1 Å². The number of aryl methyl sites for hydroxylation is 1. The Kier molecular flexibility index (Phi) is 7.42. The standard InChI is InChI=1S/C31H31N7O3S/c1-4-5-12-26-32-24-17-18-37(29(39)25-11-8-19-42-25)31(2,30(40)41-3)27(24)38(26)21-15-13-20(14-16-21)22-9-6-7-10-23(22)28-33-35-36-34-28/h6-11,13-16,19H,4-5,12,17-18H2,1-3H3,(H,33,34,35,36). The Bertz CT molecular complexity index is 1710. The van der Waals surface area contributed by atoms with Crippen LogP contribution in [0.25, 0.3) is 28.2 Å². The molecule has 10 nitrogen and oxygen atoms in total. The van der Waals surface area contributed by atoms with E-state index < -0.39 is 11.5 Å². The van der Waals surface area contributed by atoms with Crippen LogP contribution in [0.1, 0.15) is 53.6 Å². The van der Waals surface area contributed by atoms with Gasteiger partial charge >= 0.3 is 5.97 Å². The Balaban J connectivity index is 1.49. The van der Waals surface area contributed by atoms with Crippen molar-refractivity contribution in [1.82, 2.24) is 35.1 Å². The Labute approximate surface area is 247 Å². The minimum absolute atomic E-state index is 0.195. The Morgan fingerprint density at radius 1 is 1.07 bits per heavy atom. The molecule has 1 unspecified atom stereocenters. The highest BCUT2D eigenvalue weighted by Gasteiger charge is 2.52. The van der Waals surface area contributed by atoms with Gasteiger partial charge in [-0.2, -0.15) is 5.21 Å². The van der Waals surface area contributed by atoms with Gasteiger partial charge in [-0.05, 0) is 53.3 Å². The first-order valence-electron chi connectivity index (χ1n) is 14.0. The highest BCUT2D eigenvalue weighted by Crippen LogP contribution is 2.41. The number of rotatable bonds is 8. The molecule has 1 amide bonds. The van der Waals surface area contributed by atoms with Crippen molar-refractivity contribution in [3.05, 3.63) is 88.1 Å². The predicted octanol–water partition coefficient (Wildman–Crippen LogP) is 5.21. The number of nitrogens with one attached hydrogen (secondary N) is 1. The van der Waals surface area contributed by atoms with Crippen molar-refractivity contribution in [2.45, 2.75) is 45.1 Å². The summed E-state index contributed by atoms with van der Waals surface area (Å²) in [4.78, 5) is 34.7. The molecule has 0 aliphatic carbocycles. The third kappa shape index (κ3) is 4.59. The first-order chi connectivity index (χ1) is 20.5. The molecule has 2 aromatic carbocycles. The second-order valence-electron chi connectivity index (χ2n) is 10.3. The van der Waals surface area contributed by atoms with Gasteiger partial charge in [-0.15, -0.1) is 21.5 Å². The second-order valence-corrected chi connectivity index (χ2v) is 11.3. The van der Waals surface area contributed by atoms with Gasteiger partial charge in [0.05, 0.1) is 23.4 Å². The number of hydrogen-bond donors (Lipinski definition) is 1. The van der Waals surface area contributed by atoms with E-state index in [1.165, 1.54) is 18.4 Å². The van der Waals surface area contributed by atoms with Crippen LogP contribution in [-0.4, -0.2) is 60.6 Å². The fraction of sp³-hybridized carbons (Fsp3) is 0.290. The number of carbonyl (C=O) groups excluding carboxylic acids is 2. The maximum atomic E-state index is 13.7. The maximum absolute atomic E-state index is 13.7. The third-order valence-electron chi connectivity index (χ3n) is 7.86. The summed E-state index contributed by atoms with van der Waals surface area (Å²) < 4.78 is 7.42. The molecule has 0 saturated carbocycles. The fourth-order valence-electron chi connectivity index (χ4n) is 5.78. The fourth-order valence-corrected chi connectivity index (χ4v) is 6.45. The first-order valence-corrected chi connectivity index (χ1v) is 14.8. The van der Waals surface area contributed by atoms with E-state index in [4.69, 9.17) is 9.72 Å². The van der Waals surface area contributed by atoms with Crippen LogP contribution in [0.5, 0.6) is 0 Å². The van der Waals surface area contributed by atoms with Crippen LogP contribution in [0.15, 0.2) is 66.0 Å². The maximum Gasteiger partial charge on any atom is 0.337 e. The van der Waals surface area contributed by atoms with Gasteiger partial charge in [0.15, 0.2) is 5.54 Å². The normalized spacial score (nSPS) is 16.3. The van der Waals surface area contributed by atoms with Crippen LogP contribution in [0.4, 0.5) is 0 Å². The largest absolute Gasteiger partial charge is 0.467 e. The van der Waals surface area contributed by atoms with E-state index in [-0.39, 0.29) is 5.91 Å². The van der Waals surface area contributed by atoms with E-state index in [1.54, 1.807) is 17.9 Å². The highest BCUT2D eigenvalue weighted by atomic mass is 32.1. The molecule has 11 heteroatoms. The molecule has 42 heavy (non-hydrogen) atoms. The molecule has 3 aromatic heterocycles. The van der Waals surface area contributed by atoms with Gasteiger partial charge in [0, 0.05) is 30.6 Å². The second kappa shape index (κ2) is 11.3. The number of methoxy groups -OCH3 is 1.